The molecule has 4 heteroatoms. The quantitative estimate of drug-likeness (QED) is 0.776. The molecule has 19 heavy (non-hydrogen) atoms. The van der Waals surface area contributed by atoms with Crippen molar-refractivity contribution in [3.63, 3.8) is 0 Å². The fourth-order valence-electron chi connectivity index (χ4n) is 2.35. The van der Waals surface area contributed by atoms with Crippen LogP contribution in [-0.2, 0) is 6.42 Å². The molecule has 0 spiro atoms. The predicted molar refractivity (Wildman–Crippen MR) is 78.7 cm³/mol. The molecule has 1 rings (SSSR count). The summed E-state index contributed by atoms with van der Waals surface area (Å²) < 4.78 is 5.37. The van der Waals surface area contributed by atoms with Crippen LogP contribution in [0.15, 0.2) is 12.1 Å². The van der Waals surface area contributed by atoms with Crippen molar-refractivity contribution in [3.05, 3.63) is 28.8 Å². The van der Waals surface area contributed by atoms with Gasteiger partial charge in [0, 0.05) is 19.6 Å². The summed E-state index contributed by atoms with van der Waals surface area (Å²) >= 11 is 0. The largest absolute Gasteiger partial charge is 0.496 e. The lowest BCUT2D eigenvalue weighted by Crippen LogP contribution is -2.35. The van der Waals surface area contributed by atoms with E-state index >= 15 is 0 Å². The summed E-state index contributed by atoms with van der Waals surface area (Å²) in [6.07, 6.45) is 0.517. The summed E-state index contributed by atoms with van der Waals surface area (Å²) in [6.45, 7) is 5.96. The Balaban J connectivity index is 2.59. The van der Waals surface area contributed by atoms with Crippen molar-refractivity contribution >= 4 is 0 Å². The number of nitrogens with two attached hydrogens (primary N) is 1. The number of benzene rings is 1. The van der Waals surface area contributed by atoms with Gasteiger partial charge >= 0.3 is 0 Å². The molecule has 4 nitrogen and oxygen atoms in total. The SMILES string of the molecule is COc1c(C)cc(CCN(C)CC(O)CN)cc1C. The molecule has 1 unspecified atom stereocenters. The standard InChI is InChI=1S/C15H26N2O2/c1-11-7-13(8-12(2)15(11)19-4)5-6-17(3)10-14(18)9-16/h7-8,14,18H,5-6,9-10,16H2,1-4H3. The van der Waals surface area contributed by atoms with Gasteiger partial charge in [-0.05, 0) is 44.0 Å². The van der Waals surface area contributed by atoms with E-state index < -0.39 is 6.10 Å². The van der Waals surface area contributed by atoms with Crippen LogP contribution in [-0.4, -0.2) is 49.9 Å². The first-order valence-corrected chi connectivity index (χ1v) is 6.68. The molecule has 108 valence electrons. The molecule has 1 atom stereocenters. The molecule has 0 aliphatic rings. The molecule has 1 aromatic carbocycles. The highest BCUT2D eigenvalue weighted by atomic mass is 16.5. The van der Waals surface area contributed by atoms with E-state index in [1.54, 1.807) is 7.11 Å². The molecule has 0 aromatic heterocycles. The van der Waals surface area contributed by atoms with E-state index in [-0.39, 0.29) is 0 Å². The van der Waals surface area contributed by atoms with Crippen LogP contribution in [0.2, 0.25) is 0 Å². The van der Waals surface area contributed by atoms with Gasteiger partial charge in [0.25, 0.3) is 0 Å². The Hall–Kier alpha value is -1.10. The Labute approximate surface area is 116 Å². The van der Waals surface area contributed by atoms with E-state index in [9.17, 15) is 5.11 Å². The predicted octanol–water partition coefficient (Wildman–Crippen LogP) is 1.11. The lowest BCUT2D eigenvalue weighted by molar-refractivity contribution is 0.133. The number of aliphatic hydroxyl groups excluding tert-OH is 1. The van der Waals surface area contributed by atoms with Gasteiger partial charge in [-0.2, -0.15) is 0 Å². The van der Waals surface area contributed by atoms with Gasteiger partial charge < -0.3 is 20.5 Å². The molecule has 1 aromatic rings. The third kappa shape index (κ3) is 4.82. The minimum absolute atomic E-state index is 0.311. The van der Waals surface area contributed by atoms with Crippen LogP contribution in [0.5, 0.6) is 5.75 Å². The van der Waals surface area contributed by atoms with Crippen LogP contribution in [0.4, 0.5) is 0 Å². The van der Waals surface area contributed by atoms with E-state index in [0.29, 0.717) is 13.1 Å². The molecule has 0 aliphatic heterocycles. The number of rotatable bonds is 7. The highest BCUT2D eigenvalue weighted by molar-refractivity contribution is 5.43. The molecule has 3 N–H and O–H groups in total. The number of aryl methyl sites for hydroxylation is 2. The topological polar surface area (TPSA) is 58.7 Å². The lowest BCUT2D eigenvalue weighted by Gasteiger charge is -2.20. The zero-order chi connectivity index (χ0) is 14.4. The van der Waals surface area contributed by atoms with Gasteiger partial charge in [-0.3, -0.25) is 0 Å². The van der Waals surface area contributed by atoms with Gasteiger partial charge in [-0.1, -0.05) is 12.1 Å². The molecular formula is C15H26N2O2. The molecule has 0 saturated carbocycles. The van der Waals surface area contributed by atoms with Crippen LogP contribution < -0.4 is 10.5 Å². The van der Waals surface area contributed by atoms with Crippen molar-refractivity contribution in [1.29, 1.82) is 0 Å². The molecule has 0 amide bonds. The van der Waals surface area contributed by atoms with E-state index in [4.69, 9.17) is 10.5 Å². The number of hydrogen-bond donors (Lipinski definition) is 2. The Morgan fingerprint density at radius 2 is 1.89 bits per heavy atom. The van der Waals surface area contributed by atoms with Crippen LogP contribution in [0.1, 0.15) is 16.7 Å². The highest BCUT2D eigenvalue weighted by Gasteiger charge is 2.08. The van der Waals surface area contributed by atoms with Crippen molar-refractivity contribution < 1.29 is 9.84 Å². The molecule has 0 bridgehead atoms. The average molecular weight is 266 g/mol. The van der Waals surface area contributed by atoms with Crippen molar-refractivity contribution in [2.45, 2.75) is 26.4 Å². The van der Waals surface area contributed by atoms with Crippen LogP contribution in [0.25, 0.3) is 0 Å². The highest BCUT2D eigenvalue weighted by Crippen LogP contribution is 2.24. The van der Waals surface area contributed by atoms with Crippen molar-refractivity contribution in [3.8, 4) is 5.75 Å². The number of aliphatic hydroxyl groups is 1. The maximum absolute atomic E-state index is 9.50. The third-order valence-corrected chi connectivity index (χ3v) is 3.30. The number of nitrogens with zero attached hydrogens (tertiary/aromatic N) is 1. The van der Waals surface area contributed by atoms with E-state index in [1.807, 2.05) is 7.05 Å². The summed E-state index contributed by atoms with van der Waals surface area (Å²) in [5.41, 5.74) is 9.04. The zero-order valence-electron chi connectivity index (χ0n) is 12.4. The molecule has 0 aliphatic carbocycles. The van der Waals surface area contributed by atoms with E-state index in [0.717, 1.165) is 18.7 Å². The normalized spacial score (nSPS) is 12.8. The van der Waals surface area contributed by atoms with Crippen LogP contribution in [0, 0.1) is 13.8 Å². The Morgan fingerprint density at radius 3 is 2.37 bits per heavy atom. The van der Waals surface area contributed by atoms with Crippen molar-refractivity contribution in [1.82, 2.24) is 4.90 Å². The summed E-state index contributed by atoms with van der Waals surface area (Å²) in [7, 11) is 3.71. The van der Waals surface area contributed by atoms with Crippen molar-refractivity contribution in [2.75, 3.05) is 33.8 Å². The summed E-state index contributed by atoms with van der Waals surface area (Å²) in [4.78, 5) is 2.10. The Bertz CT molecular complexity index is 384. The minimum atomic E-state index is -0.440. The molecule has 0 heterocycles. The fraction of sp³-hybridized carbons (Fsp3) is 0.600. The maximum atomic E-state index is 9.50. The Kier molecular flexibility index (Phi) is 6.28. The maximum Gasteiger partial charge on any atom is 0.124 e. The molecule has 0 radical (unpaired) electrons. The first kappa shape index (κ1) is 16.0. The number of ether oxygens (including phenoxy) is 1. The molecular weight excluding hydrogens is 240 g/mol. The first-order valence-electron chi connectivity index (χ1n) is 6.68. The lowest BCUT2D eigenvalue weighted by atomic mass is 10.0. The monoisotopic (exact) mass is 266 g/mol. The van der Waals surface area contributed by atoms with Gasteiger partial charge in [-0.15, -0.1) is 0 Å². The molecule has 0 saturated heterocycles. The van der Waals surface area contributed by atoms with Gasteiger partial charge in [-0.25, -0.2) is 0 Å². The van der Waals surface area contributed by atoms with Gasteiger partial charge in [0.15, 0.2) is 0 Å². The van der Waals surface area contributed by atoms with Gasteiger partial charge in [0.2, 0.25) is 0 Å². The number of likely N-dealkylation sites (N-methyl/N-ethyl adjacent to an activating group) is 1. The molecule has 0 fully saturated rings. The number of hydrogen-bond acceptors (Lipinski definition) is 4. The first-order chi connectivity index (χ1) is 8.97. The van der Waals surface area contributed by atoms with E-state index in [1.165, 1.54) is 16.7 Å². The second-order valence-electron chi connectivity index (χ2n) is 5.16. The smallest absolute Gasteiger partial charge is 0.124 e. The summed E-state index contributed by atoms with van der Waals surface area (Å²) in [5.74, 6) is 0.968. The second-order valence-corrected chi connectivity index (χ2v) is 5.16. The number of methoxy groups -OCH3 is 1. The van der Waals surface area contributed by atoms with Crippen LogP contribution in [0.3, 0.4) is 0 Å². The third-order valence-electron chi connectivity index (χ3n) is 3.30. The minimum Gasteiger partial charge on any atom is -0.496 e. The fourth-order valence-corrected chi connectivity index (χ4v) is 2.35. The Morgan fingerprint density at radius 1 is 1.32 bits per heavy atom. The second kappa shape index (κ2) is 7.48. The average Bonchev–Trinajstić information content (AvgIpc) is 2.36. The van der Waals surface area contributed by atoms with E-state index in [2.05, 4.69) is 30.9 Å². The summed E-state index contributed by atoms with van der Waals surface area (Å²) in [6, 6.07) is 4.33. The van der Waals surface area contributed by atoms with Crippen molar-refractivity contribution in [2.24, 2.45) is 5.73 Å². The summed E-state index contributed by atoms with van der Waals surface area (Å²) in [5, 5.41) is 9.50. The van der Waals surface area contributed by atoms with Crippen LogP contribution >= 0.6 is 0 Å². The van der Waals surface area contributed by atoms with Gasteiger partial charge in [0.1, 0.15) is 5.75 Å². The zero-order valence-corrected chi connectivity index (χ0v) is 12.4. The van der Waals surface area contributed by atoms with Gasteiger partial charge in [0.05, 0.1) is 13.2 Å².